The lowest BCUT2D eigenvalue weighted by Crippen LogP contribution is -2.10. The number of halogens is 1. The SMILES string of the molecule is CCC(CC(=O)c1ccc(OC)c(OC)c1OC)c1cccc(F)c1. The van der Waals surface area contributed by atoms with Crippen LogP contribution in [0.25, 0.3) is 0 Å². The van der Waals surface area contributed by atoms with Gasteiger partial charge in [-0.05, 0) is 42.2 Å². The van der Waals surface area contributed by atoms with Gasteiger partial charge in [-0.2, -0.15) is 0 Å². The molecule has 0 N–H and O–H groups in total. The minimum atomic E-state index is -0.299. The van der Waals surface area contributed by atoms with E-state index in [-0.39, 0.29) is 23.9 Å². The van der Waals surface area contributed by atoms with Crippen molar-refractivity contribution >= 4 is 5.78 Å². The van der Waals surface area contributed by atoms with Gasteiger partial charge in [0.05, 0.1) is 26.9 Å². The van der Waals surface area contributed by atoms with Crippen molar-refractivity contribution < 1.29 is 23.4 Å². The van der Waals surface area contributed by atoms with Crippen LogP contribution in [0.3, 0.4) is 0 Å². The van der Waals surface area contributed by atoms with Gasteiger partial charge in [0, 0.05) is 6.42 Å². The summed E-state index contributed by atoms with van der Waals surface area (Å²) in [5.41, 5.74) is 1.24. The highest BCUT2D eigenvalue weighted by atomic mass is 19.1. The highest BCUT2D eigenvalue weighted by Gasteiger charge is 2.23. The van der Waals surface area contributed by atoms with Crippen LogP contribution in [0.2, 0.25) is 0 Å². The lowest BCUT2D eigenvalue weighted by Gasteiger charge is -2.18. The zero-order valence-corrected chi connectivity index (χ0v) is 15.0. The number of hydrogen-bond donors (Lipinski definition) is 0. The average molecular weight is 346 g/mol. The second kappa shape index (κ2) is 8.51. The molecule has 2 aromatic carbocycles. The van der Waals surface area contributed by atoms with Gasteiger partial charge in [-0.3, -0.25) is 4.79 Å². The van der Waals surface area contributed by atoms with Gasteiger partial charge in [0.1, 0.15) is 5.82 Å². The lowest BCUT2D eigenvalue weighted by molar-refractivity contribution is 0.0969. The van der Waals surface area contributed by atoms with Crippen LogP contribution in [0, 0.1) is 5.82 Å². The Morgan fingerprint density at radius 1 is 1.04 bits per heavy atom. The summed E-state index contributed by atoms with van der Waals surface area (Å²) in [6.07, 6.45) is 0.983. The van der Waals surface area contributed by atoms with Gasteiger partial charge in [-0.15, -0.1) is 0 Å². The molecule has 0 amide bonds. The van der Waals surface area contributed by atoms with E-state index in [1.807, 2.05) is 13.0 Å². The predicted molar refractivity (Wildman–Crippen MR) is 94.5 cm³/mol. The van der Waals surface area contributed by atoms with E-state index in [1.165, 1.54) is 33.5 Å². The summed E-state index contributed by atoms with van der Waals surface area (Å²) in [6, 6.07) is 9.73. The van der Waals surface area contributed by atoms with Gasteiger partial charge in [0.25, 0.3) is 0 Å². The molecule has 5 heteroatoms. The number of ether oxygens (including phenoxy) is 3. The molecule has 0 fully saturated rings. The fourth-order valence-corrected chi connectivity index (χ4v) is 2.91. The van der Waals surface area contributed by atoms with Crippen molar-refractivity contribution in [2.24, 2.45) is 0 Å². The first-order valence-electron chi connectivity index (χ1n) is 8.13. The minimum Gasteiger partial charge on any atom is -0.493 e. The normalized spacial score (nSPS) is 11.7. The Hall–Kier alpha value is -2.56. The van der Waals surface area contributed by atoms with E-state index >= 15 is 0 Å². The van der Waals surface area contributed by atoms with Gasteiger partial charge in [-0.1, -0.05) is 19.1 Å². The van der Waals surface area contributed by atoms with Crippen LogP contribution in [0.15, 0.2) is 36.4 Å². The summed E-state index contributed by atoms with van der Waals surface area (Å²) in [4.78, 5) is 12.8. The monoisotopic (exact) mass is 346 g/mol. The molecule has 134 valence electrons. The number of carbonyl (C=O) groups is 1. The first-order valence-corrected chi connectivity index (χ1v) is 8.13. The maximum Gasteiger partial charge on any atom is 0.204 e. The van der Waals surface area contributed by atoms with Gasteiger partial charge >= 0.3 is 0 Å². The number of carbonyl (C=O) groups excluding carboxylic acids is 1. The molecule has 0 aromatic heterocycles. The van der Waals surface area contributed by atoms with Crippen molar-refractivity contribution in [3.63, 3.8) is 0 Å². The predicted octanol–water partition coefficient (Wildman–Crippen LogP) is 4.62. The molecule has 25 heavy (non-hydrogen) atoms. The van der Waals surface area contributed by atoms with Crippen molar-refractivity contribution in [3.05, 3.63) is 53.3 Å². The van der Waals surface area contributed by atoms with Crippen LogP contribution in [0.1, 0.15) is 41.6 Å². The van der Waals surface area contributed by atoms with Crippen LogP contribution in [0.5, 0.6) is 17.2 Å². The molecule has 0 aliphatic carbocycles. The summed E-state index contributed by atoms with van der Waals surface area (Å²) in [5, 5.41) is 0. The molecule has 1 atom stereocenters. The molecule has 0 saturated carbocycles. The fraction of sp³-hybridized carbons (Fsp3) is 0.350. The van der Waals surface area contributed by atoms with E-state index < -0.39 is 0 Å². The molecule has 0 spiro atoms. The third-order valence-corrected chi connectivity index (χ3v) is 4.25. The highest BCUT2D eigenvalue weighted by molar-refractivity contribution is 6.00. The molecule has 0 aliphatic rings. The molecule has 0 saturated heterocycles. The van der Waals surface area contributed by atoms with Crippen molar-refractivity contribution in [1.29, 1.82) is 0 Å². The Labute approximate surface area is 147 Å². The molecular formula is C20H23FO4. The molecule has 1 unspecified atom stereocenters. The molecule has 0 bridgehead atoms. The summed E-state index contributed by atoms with van der Waals surface area (Å²) < 4.78 is 29.4. The van der Waals surface area contributed by atoms with Crippen LogP contribution >= 0.6 is 0 Å². The van der Waals surface area contributed by atoms with E-state index in [4.69, 9.17) is 14.2 Å². The van der Waals surface area contributed by atoms with Crippen molar-refractivity contribution in [2.75, 3.05) is 21.3 Å². The topological polar surface area (TPSA) is 44.8 Å². The smallest absolute Gasteiger partial charge is 0.204 e. The second-order valence-electron chi connectivity index (χ2n) is 5.67. The average Bonchev–Trinajstić information content (AvgIpc) is 2.64. The van der Waals surface area contributed by atoms with Crippen molar-refractivity contribution in [3.8, 4) is 17.2 Å². The number of methoxy groups -OCH3 is 3. The number of hydrogen-bond acceptors (Lipinski definition) is 4. The molecule has 4 nitrogen and oxygen atoms in total. The molecule has 0 radical (unpaired) electrons. The first kappa shape index (κ1) is 18.8. The number of Topliss-reactive ketones (excluding diaryl/α,β-unsaturated/α-hetero) is 1. The largest absolute Gasteiger partial charge is 0.493 e. The summed E-state index contributed by atoms with van der Waals surface area (Å²) in [7, 11) is 4.50. The van der Waals surface area contributed by atoms with Crippen LogP contribution in [0.4, 0.5) is 4.39 Å². The van der Waals surface area contributed by atoms with E-state index in [0.717, 1.165) is 12.0 Å². The zero-order chi connectivity index (χ0) is 18.4. The van der Waals surface area contributed by atoms with Gasteiger partial charge in [0.15, 0.2) is 17.3 Å². The third kappa shape index (κ3) is 4.10. The van der Waals surface area contributed by atoms with E-state index in [2.05, 4.69) is 0 Å². The summed E-state index contributed by atoms with van der Waals surface area (Å²) >= 11 is 0. The highest BCUT2D eigenvalue weighted by Crippen LogP contribution is 2.41. The lowest BCUT2D eigenvalue weighted by atomic mass is 9.89. The fourth-order valence-electron chi connectivity index (χ4n) is 2.91. The third-order valence-electron chi connectivity index (χ3n) is 4.25. The van der Waals surface area contributed by atoms with Gasteiger partial charge < -0.3 is 14.2 Å². The molecule has 2 rings (SSSR count). The maximum atomic E-state index is 13.5. The van der Waals surface area contributed by atoms with Crippen molar-refractivity contribution in [1.82, 2.24) is 0 Å². The summed E-state index contributed by atoms with van der Waals surface area (Å²) in [5.74, 6) is 0.769. The number of rotatable bonds is 8. The quantitative estimate of drug-likeness (QED) is 0.654. The van der Waals surface area contributed by atoms with Gasteiger partial charge in [0.2, 0.25) is 5.75 Å². The Morgan fingerprint density at radius 3 is 2.32 bits per heavy atom. The minimum absolute atomic E-state index is 0.0685. The number of benzene rings is 2. The Balaban J connectivity index is 2.33. The Morgan fingerprint density at radius 2 is 1.76 bits per heavy atom. The zero-order valence-electron chi connectivity index (χ0n) is 15.0. The molecular weight excluding hydrogens is 323 g/mol. The number of ketones is 1. The van der Waals surface area contributed by atoms with E-state index in [1.54, 1.807) is 18.2 Å². The van der Waals surface area contributed by atoms with Crippen molar-refractivity contribution in [2.45, 2.75) is 25.7 Å². The van der Waals surface area contributed by atoms with Gasteiger partial charge in [-0.25, -0.2) is 4.39 Å². The molecule has 0 heterocycles. The first-order chi connectivity index (χ1) is 12.0. The molecule has 0 aliphatic heterocycles. The van der Waals surface area contributed by atoms with Crippen LogP contribution in [-0.2, 0) is 0 Å². The molecule has 2 aromatic rings. The second-order valence-corrected chi connectivity index (χ2v) is 5.67. The maximum absolute atomic E-state index is 13.5. The van der Waals surface area contributed by atoms with Crippen LogP contribution < -0.4 is 14.2 Å². The summed E-state index contributed by atoms with van der Waals surface area (Å²) in [6.45, 7) is 1.98. The Bertz CT molecular complexity index is 742. The Kier molecular flexibility index (Phi) is 6.39. The standard InChI is InChI=1S/C20H23FO4/c1-5-13(14-7-6-8-15(21)11-14)12-17(22)16-9-10-18(23-2)20(25-4)19(16)24-3/h6-11,13H,5,12H2,1-4H3. The van der Waals surface area contributed by atoms with E-state index in [9.17, 15) is 9.18 Å². The van der Waals surface area contributed by atoms with E-state index in [0.29, 0.717) is 22.8 Å². The van der Waals surface area contributed by atoms with Crippen LogP contribution in [-0.4, -0.2) is 27.1 Å².